The van der Waals surface area contributed by atoms with Crippen LogP contribution in [-0.4, -0.2) is 17.3 Å². The summed E-state index contributed by atoms with van der Waals surface area (Å²) in [7, 11) is 0. The predicted molar refractivity (Wildman–Crippen MR) is 66.1 cm³/mol. The lowest BCUT2D eigenvalue weighted by Gasteiger charge is -2.13. The van der Waals surface area contributed by atoms with E-state index >= 15 is 0 Å². The Morgan fingerprint density at radius 2 is 2.12 bits per heavy atom. The lowest BCUT2D eigenvalue weighted by Crippen LogP contribution is -2.36. The molecule has 0 bridgehead atoms. The van der Waals surface area contributed by atoms with Gasteiger partial charge >= 0.3 is 0 Å². The summed E-state index contributed by atoms with van der Waals surface area (Å²) in [6, 6.07) is 3.55. The Kier molecular flexibility index (Phi) is 5.55. The molecule has 2 nitrogen and oxygen atoms in total. The van der Waals surface area contributed by atoms with Gasteiger partial charge in [0.15, 0.2) is 11.6 Å². The van der Waals surface area contributed by atoms with Crippen molar-refractivity contribution in [2.24, 2.45) is 0 Å². The summed E-state index contributed by atoms with van der Waals surface area (Å²) >= 11 is 3.29. The first kappa shape index (κ1) is 14.1. The minimum absolute atomic E-state index is 0.0562. The SMILES string of the molecule is CCC(CBr)NC(=O)Cc1ccc(F)c(F)c1. The zero-order valence-corrected chi connectivity index (χ0v) is 11.1. The van der Waals surface area contributed by atoms with E-state index in [-0.39, 0.29) is 18.4 Å². The Labute approximate surface area is 108 Å². The first-order chi connectivity index (χ1) is 8.06. The molecule has 5 heteroatoms. The van der Waals surface area contributed by atoms with Crippen LogP contribution in [0.2, 0.25) is 0 Å². The van der Waals surface area contributed by atoms with Crippen molar-refractivity contribution < 1.29 is 13.6 Å². The van der Waals surface area contributed by atoms with E-state index in [1.165, 1.54) is 6.07 Å². The number of hydrogen-bond acceptors (Lipinski definition) is 1. The molecule has 0 aliphatic carbocycles. The summed E-state index contributed by atoms with van der Waals surface area (Å²) in [5.41, 5.74) is 0.464. The van der Waals surface area contributed by atoms with Crippen LogP contribution in [-0.2, 0) is 11.2 Å². The molecule has 0 aliphatic rings. The van der Waals surface area contributed by atoms with Crippen LogP contribution < -0.4 is 5.32 Å². The summed E-state index contributed by atoms with van der Waals surface area (Å²) in [4.78, 5) is 11.6. The standard InChI is InChI=1S/C12H14BrF2NO/c1-2-9(7-13)16-12(17)6-8-3-4-10(14)11(15)5-8/h3-5,9H,2,6-7H2,1H3,(H,16,17). The number of carbonyl (C=O) groups is 1. The van der Waals surface area contributed by atoms with Crippen LogP contribution in [0.25, 0.3) is 0 Å². The van der Waals surface area contributed by atoms with Gasteiger partial charge < -0.3 is 5.32 Å². The van der Waals surface area contributed by atoms with E-state index in [1.54, 1.807) is 0 Å². The topological polar surface area (TPSA) is 29.1 Å². The third kappa shape index (κ3) is 4.42. The largest absolute Gasteiger partial charge is 0.352 e. The van der Waals surface area contributed by atoms with Crippen LogP contribution in [0.5, 0.6) is 0 Å². The third-order valence-corrected chi connectivity index (χ3v) is 3.17. The van der Waals surface area contributed by atoms with Crippen molar-refractivity contribution in [1.82, 2.24) is 5.32 Å². The minimum atomic E-state index is -0.928. The lowest BCUT2D eigenvalue weighted by atomic mass is 10.1. The molecule has 0 saturated heterocycles. The molecule has 1 aromatic rings. The molecular formula is C12H14BrF2NO. The monoisotopic (exact) mass is 305 g/mol. The Hall–Kier alpha value is -0.970. The first-order valence-corrected chi connectivity index (χ1v) is 6.48. The average Bonchev–Trinajstić information content (AvgIpc) is 2.31. The predicted octanol–water partition coefficient (Wildman–Crippen LogP) is 2.80. The van der Waals surface area contributed by atoms with Gasteiger partial charge in [0.05, 0.1) is 6.42 Å². The van der Waals surface area contributed by atoms with Gasteiger partial charge in [-0.3, -0.25) is 4.79 Å². The molecule has 94 valence electrons. The molecule has 1 unspecified atom stereocenters. The quantitative estimate of drug-likeness (QED) is 0.833. The Morgan fingerprint density at radius 1 is 1.41 bits per heavy atom. The van der Waals surface area contributed by atoms with Crippen LogP contribution in [0.15, 0.2) is 18.2 Å². The highest BCUT2D eigenvalue weighted by molar-refractivity contribution is 9.09. The van der Waals surface area contributed by atoms with E-state index in [0.717, 1.165) is 18.6 Å². The van der Waals surface area contributed by atoms with Crippen molar-refractivity contribution in [3.8, 4) is 0 Å². The molecule has 0 fully saturated rings. The van der Waals surface area contributed by atoms with E-state index in [0.29, 0.717) is 10.9 Å². The van der Waals surface area contributed by atoms with Crippen LogP contribution in [0, 0.1) is 11.6 Å². The van der Waals surface area contributed by atoms with Crippen molar-refractivity contribution in [2.45, 2.75) is 25.8 Å². The number of alkyl halides is 1. The maximum atomic E-state index is 12.9. The second-order valence-electron chi connectivity index (χ2n) is 3.75. The van der Waals surface area contributed by atoms with Crippen molar-refractivity contribution in [3.63, 3.8) is 0 Å². The highest BCUT2D eigenvalue weighted by Gasteiger charge is 2.10. The summed E-state index contributed by atoms with van der Waals surface area (Å²) in [6.07, 6.45) is 0.871. The molecule has 1 rings (SSSR count). The normalized spacial score (nSPS) is 12.2. The molecule has 0 aliphatic heterocycles. The maximum absolute atomic E-state index is 12.9. The van der Waals surface area contributed by atoms with Gasteiger partial charge in [0, 0.05) is 11.4 Å². The molecule has 0 saturated carbocycles. The molecule has 1 amide bonds. The fourth-order valence-corrected chi connectivity index (χ4v) is 1.98. The smallest absolute Gasteiger partial charge is 0.224 e. The summed E-state index contributed by atoms with van der Waals surface area (Å²) in [6.45, 7) is 1.96. The zero-order chi connectivity index (χ0) is 12.8. The van der Waals surface area contributed by atoms with Crippen molar-refractivity contribution >= 4 is 21.8 Å². The van der Waals surface area contributed by atoms with E-state index in [4.69, 9.17) is 0 Å². The number of benzene rings is 1. The Bertz CT molecular complexity index is 394. The second-order valence-corrected chi connectivity index (χ2v) is 4.40. The highest BCUT2D eigenvalue weighted by Crippen LogP contribution is 2.09. The highest BCUT2D eigenvalue weighted by atomic mass is 79.9. The molecule has 1 N–H and O–H groups in total. The van der Waals surface area contributed by atoms with Gasteiger partial charge in [-0.2, -0.15) is 0 Å². The van der Waals surface area contributed by atoms with Gasteiger partial charge in [-0.05, 0) is 24.1 Å². The summed E-state index contributed by atoms with van der Waals surface area (Å²) in [5, 5.41) is 3.47. The summed E-state index contributed by atoms with van der Waals surface area (Å²) in [5.74, 6) is -2.02. The van der Waals surface area contributed by atoms with Crippen molar-refractivity contribution in [2.75, 3.05) is 5.33 Å². The first-order valence-electron chi connectivity index (χ1n) is 5.36. The van der Waals surface area contributed by atoms with Gasteiger partial charge in [-0.1, -0.05) is 28.9 Å². The van der Waals surface area contributed by atoms with Gasteiger partial charge in [-0.15, -0.1) is 0 Å². The minimum Gasteiger partial charge on any atom is -0.352 e. The van der Waals surface area contributed by atoms with E-state index in [1.807, 2.05) is 6.92 Å². The summed E-state index contributed by atoms with van der Waals surface area (Å²) < 4.78 is 25.6. The maximum Gasteiger partial charge on any atom is 0.224 e. The van der Waals surface area contributed by atoms with E-state index in [9.17, 15) is 13.6 Å². The number of halogens is 3. The van der Waals surface area contributed by atoms with Crippen LogP contribution >= 0.6 is 15.9 Å². The number of hydrogen-bond donors (Lipinski definition) is 1. The zero-order valence-electron chi connectivity index (χ0n) is 9.47. The Balaban J connectivity index is 2.58. The molecule has 1 atom stereocenters. The molecule has 0 radical (unpaired) electrons. The van der Waals surface area contributed by atoms with Gasteiger partial charge in [-0.25, -0.2) is 8.78 Å². The van der Waals surface area contributed by atoms with Crippen molar-refractivity contribution in [3.05, 3.63) is 35.4 Å². The molecule has 0 heterocycles. The molecule has 0 aromatic heterocycles. The lowest BCUT2D eigenvalue weighted by molar-refractivity contribution is -0.121. The number of carbonyl (C=O) groups excluding carboxylic acids is 1. The van der Waals surface area contributed by atoms with Gasteiger partial charge in [0.25, 0.3) is 0 Å². The second kappa shape index (κ2) is 6.69. The van der Waals surface area contributed by atoms with E-state index in [2.05, 4.69) is 21.2 Å². The van der Waals surface area contributed by atoms with Crippen LogP contribution in [0.3, 0.4) is 0 Å². The van der Waals surface area contributed by atoms with Crippen LogP contribution in [0.1, 0.15) is 18.9 Å². The van der Waals surface area contributed by atoms with Crippen LogP contribution in [0.4, 0.5) is 8.78 Å². The fourth-order valence-electron chi connectivity index (χ4n) is 1.36. The number of rotatable bonds is 5. The third-order valence-electron chi connectivity index (χ3n) is 2.39. The van der Waals surface area contributed by atoms with Gasteiger partial charge in [0.2, 0.25) is 5.91 Å². The van der Waals surface area contributed by atoms with Crippen molar-refractivity contribution in [1.29, 1.82) is 0 Å². The molecule has 17 heavy (non-hydrogen) atoms. The molecule has 1 aromatic carbocycles. The number of amides is 1. The number of nitrogens with one attached hydrogen (secondary N) is 1. The average molecular weight is 306 g/mol. The Morgan fingerprint density at radius 3 is 2.65 bits per heavy atom. The molecular weight excluding hydrogens is 292 g/mol. The van der Waals surface area contributed by atoms with Gasteiger partial charge in [0.1, 0.15) is 0 Å². The van der Waals surface area contributed by atoms with E-state index < -0.39 is 11.6 Å². The fraction of sp³-hybridized carbons (Fsp3) is 0.417. The molecule has 0 spiro atoms.